The van der Waals surface area contributed by atoms with Crippen molar-refractivity contribution in [1.82, 2.24) is 0 Å². The minimum atomic E-state index is 0. The molecule has 0 saturated carbocycles. The Labute approximate surface area is 89.0 Å². The summed E-state index contributed by atoms with van der Waals surface area (Å²) in [4.78, 5) is 0. The summed E-state index contributed by atoms with van der Waals surface area (Å²) >= 11 is 11.4. The third-order valence-corrected chi connectivity index (χ3v) is 1.80. The van der Waals surface area contributed by atoms with Crippen molar-refractivity contribution in [3.05, 3.63) is 46.5 Å². The van der Waals surface area contributed by atoms with E-state index in [1.807, 2.05) is 24.3 Å². The van der Waals surface area contributed by atoms with Crippen molar-refractivity contribution >= 4 is 23.2 Å². The van der Waals surface area contributed by atoms with Crippen molar-refractivity contribution in [2.75, 3.05) is 0 Å². The van der Waals surface area contributed by atoms with Gasteiger partial charge in [-0.05, 0) is 12.2 Å². The summed E-state index contributed by atoms with van der Waals surface area (Å²) in [5, 5.41) is 1.14. The van der Waals surface area contributed by atoms with Gasteiger partial charge in [-0.15, -0.1) is 0 Å². The molecule has 0 amide bonds. The SMILES string of the molecule is ClC1=C(Cl)C=CC=CC=C1.[Ru+2]. The van der Waals surface area contributed by atoms with Crippen LogP contribution < -0.4 is 0 Å². The predicted molar refractivity (Wildman–Crippen MR) is 46.2 cm³/mol. The zero-order valence-electron chi connectivity index (χ0n) is 5.57. The minimum absolute atomic E-state index is 0. The second kappa shape index (κ2) is 5.77. The number of hydrogen-bond acceptors (Lipinski definition) is 0. The Bertz CT molecular complexity index is 212. The van der Waals surface area contributed by atoms with Crippen LogP contribution in [0.25, 0.3) is 0 Å². The third kappa shape index (κ3) is 3.91. The van der Waals surface area contributed by atoms with Gasteiger partial charge >= 0.3 is 19.5 Å². The third-order valence-electron chi connectivity index (χ3n) is 1.05. The molecule has 0 N–H and O–H groups in total. The molecule has 0 aromatic carbocycles. The summed E-state index contributed by atoms with van der Waals surface area (Å²) in [5.74, 6) is 0. The van der Waals surface area contributed by atoms with Crippen LogP contribution in [0.3, 0.4) is 0 Å². The van der Waals surface area contributed by atoms with Gasteiger partial charge in [-0.2, -0.15) is 0 Å². The molecule has 0 radical (unpaired) electrons. The summed E-state index contributed by atoms with van der Waals surface area (Å²) in [7, 11) is 0. The molecule has 0 bridgehead atoms. The molecule has 0 aromatic rings. The van der Waals surface area contributed by atoms with E-state index in [4.69, 9.17) is 23.2 Å². The maximum absolute atomic E-state index is 5.72. The summed E-state index contributed by atoms with van der Waals surface area (Å²) in [6, 6.07) is 0. The van der Waals surface area contributed by atoms with Gasteiger partial charge in [-0.25, -0.2) is 0 Å². The normalized spacial score (nSPS) is 15.8. The van der Waals surface area contributed by atoms with Crippen LogP contribution in [0.1, 0.15) is 0 Å². The van der Waals surface area contributed by atoms with Crippen LogP contribution in [-0.2, 0) is 19.5 Å². The van der Waals surface area contributed by atoms with Gasteiger partial charge in [0.1, 0.15) is 0 Å². The van der Waals surface area contributed by atoms with Crippen LogP contribution in [0.2, 0.25) is 0 Å². The van der Waals surface area contributed by atoms with E-state index in [2.05, 4.69) is 0 Å². The first-order valence-corrected chi connectivity index (χ1v) is 3.63. The topological polar surface area (TPSA) is 0 Å². The van der Waals surface area contributed by atoms with Crippen molar-refractivity contribution < 1.29 is 19.5 Å². The van der Waals surface area contributed by atoms with Crippen LogP contribution >= 0.6 is 23.2 Å². The second-order valence-electron chi connectivity index (χ2n) is 1.80. The zero-order valence-corrected chi connectivity index (χ0v) is 8.82. The van der Waals surface area contributed by atoms with E-state index in [-0.39, 0.29) is 19.5 Å². The molecule has 1 rings (SSSR count). The van der Waals surface area contributed by atoms with Gasteiger partial charge in [0, 0.05) is 0 Å². The fraction of sp³-hybridized carbons (Fsp3) is 0. The fourth-order valence-corrected chi connectivity index (χ4v) is 0.839. The molecule has 0 heterocycles. The Balaban J connectivity index is 0.000001000. The monoisotopic (exact) mass is 274 g/mol. The van der Waals surface area contributed by atoms with E-state index in [1.54, 1.807) is 12.2 Å². The van der Waals surface area contributed by atoms with Crippen LogP contribution in [-0.4, -0.2) is 0 Å². The Morgan fingerprint density at radius 3 is 1.45 bits per heavy atom. The average molecular weight is 274 g/mol. The van der Waals surface area contributed by atoms with Gasteiger partial charge in [0.25, 0.3) is 0 Å². The van der Waals surface area contributed by atoms with E-state index >= 15 is 0 Å². The Morgan fingerprint density at radius 2 is 1.09 bits per heavy atom. The molecule has 1 aliphatic rings. The molecular formula is C8H6Cl2Ru+2. The number of halogens is 2. The van der Waals surface area contributed by atoms with Crippen molar-refractivity contribution in [2.24, 2.45) is 0 Å². The first kappa shape index (κ1) is 11.2. The van der Waals surface area contributed by atoms with Crippen molar-refractivity contribution in [1.29, 1.82) is 0 Å². The molecule has 3 heteroatoms. The Hall–Kier alpha value is 0.163. The molecule has 0 nitrogen and oxygen atoms in total. The summed E-state index contributed by atoms with van der Waals surface area (Å²) < 4.78 is 0. The molecule has 11 heavy (non-hydrogen) atoms. The summed E-state index contributed by atoms with van der Waals surface area (Å²) in [6.45, 7) is 0. The largest absolute Gasteiger partial charge is 2.00 e. The van der Waals surface area contributed by atoms with Crippen molar-refractivity contribution in [3.8, 4) is 0 Å². The van der Waals surface area contributed by atoms with Gasteiger partial charge < -0.3 is 0 Å². The molecule has 1 aliphatic carbocycles. The number of allylic oxidation sites excluding steroid dienone is 8. The predicted octanol–water partition coefficient (Wildman–Crippen LogP) is 3.36. The zero-order chi connectivity index (χ0) is 7.40. The number of hydrogen-bond donors (Lipinski definition) is 0. The first-order chi connectivity index (χ1) is 4.80. The van der Waals surface area contributed by atoms with E-state index in [0.717, 1.165) is 0 Å². The van der Waals surface area contributed by atoms with Crippen LogP contribution in [0.5, 0.6) is 0 Å². The Kier molecular flexibility index (Phi) is 5.85. The van der Waals surface area contributed by atoms with Gasteiger partial charge in [-0.1, -0.05) is 47.5 Å². The maximum Gasteiger partial charge on any atom is 2.00 e. The fourth-order valence-electron chi connectivity index (χ4n) is 0.568. The summed E-state index contributed by atoms with van der Waals surface area (Å²) in [6.07, 6.45) is 11.0. The van der Waals surface area contributed by atoms with Gasteiger partial charge in [-0.3, -0.25) is 0 Å². The molecule has 0 aliphatic heterocycles. The molecule has 0 fully saturated rings. The van der Waals surface area contributed by atoms with Crippen molar-refractivity contribution in [2.45, 2.75) is 0 Å². The molecule has 0 aromatic heterocycles. The standard InChI is InChI=1S/C8H6Cl2.Ru/c9-7-5-3-1-2-4-6-8(7)10;/h1-6H;/q;+2. The van der Waals surface area contributed by atoms with Crippen LogP contribution in [0.15, 0.2) is 46.5 Å². The van der Waals surface area contributed by atoms with Gasteiger partial charge in [0.15, 0.2) is 0 Å². The number of rotatable bonds is 0. The van der Waals surface area contributed by atoms with E-state index in [0.29, 0.717) is 10.1 Å². The van der Waals surface area contributed by atoms with Crippen LogP contribution in [0, 0.1) is 0 Å². The molecule has 0 saturated heterocycles. The molecule has 58 valence electrons. The summed E-state index contributed by atoms with van der Waals surface area (Å²) in [5.41, 5.74) is 0. The quantitative estimate of drug-likeness (QED) is 0.594. The second-order valence-corrected chi connectivity index (χ2v) is 2.61. The first-order valence-electron chi connectivity index (χ1n) is 2.87. The molecule has 0 spiro atoms. The molecular weight excluding hydrogens is 268 g/mol. The molecule has 0 unspecified atom stereocenters. The minimum Gasteiger partial charge on any atom is -0.0827 e. The van der Waals surface area contributed by atoms with E-state index in [9.17, 15) is 0 Å². The molecule has 0 atom stereocenters. The smallest absolute Gasteiger partial charge is 0.0827 e. The van der Waals surface area contributed by atoms with Crippen molar-refractivity contribution in [3.63, 3.8) is 0 Å². The Morgan fingerprint density at radius 1 is 0.727 bits per heavy atom. The maximum atomic E-state index is 5.72. The van der Waals surface area contributed by atoms with E-state index < -0.39 is 0 Å². The van der Waals surface area contributed by atoms with Crippen LogP contribution in [0.4, 0.5) is 0 Å². The average Bonchev–Trinajstić information content (AvgIpc) is 1.92. The van der Waals surface area contributed by atoms with Gasteiger partial charge in [0.05, 0.1) is 10.1 Å². The van der Waals surface area contributed by atoms with Gasteiger partial charge in [0.2, 0.25) is 0 Å². The van der Waals surface area contributed by atoms with E-state index in [1.165, 1.54) is 0 Å².